The molecule has 2 heterocycles. The summed E-state index contributed by atoms with van der Waals surface area (Å²) in [5, 5.41) is 0.918. The molecule has 0 aliphatic carbocycles. The van der Waals surface area contributed by atoms with Crippen LogP contribution in [0.15, 0.2) is 64.4 Å². The number of carbonyl (C=O) groups is 1. The Bertz CT molecular complexity index is 1420. The minimum absolute atomic E-state index is 0.160. The molecule has 0 saturated heterocycles. The Hall–Kier alpha value is -3.59. The molecule has 30 heavy (non-hydrogen) atoms. The minimum atomic E-state index is -3.78. The number of pyridine rings is 1. The van der Waals surface area contributed by atoms with Crippen molar-refractivity contribution < 1.29 is 17.9 Å². The largest absolute Gasteiger partial charge is 0.462 e. The Morgan fingerprint density at radius 3 is 2.57 bits per heavy atom. The molecular weight excluding hydrogens is 406 g/mol. The van der Waals surface area contributed by atoms with Gasteiger partial charge in [-0.3, -0.25) is 9.10 Å². The number of benzene rings is 2. The lowest BCUT2D eigenvalue weighted by molar-refractivity contribution is 0.0529. The summed E-state index contributed by atoms with van der Waals surface area (Å²) in [6.07, 6.45) is 1.43. The number of hydrogen-bond donors (Lipinski definition) is 2. The van der Waals surface area contributed by atoms with Crippen LogP contribution in [0.25, 0.3) is 21.8 Å². The van der Waals surface area contributed by atoms with Crippen molar-refractivity contribution in [3.63, 3.8) is 0 Å². The summed E-state index contributed by atoms with van der Waals surface area (Å²) in [5.74, 6) is -0.564. The first-order chi connectivity index (χ1) is 14.3. The summed E-state index contributed by atoms with van der Waals surface area (Å²) in [4.78, 5) is 30.5. The second-order valence-electron chi connectivity index (χ2n) is 6.64. The SMILES string of the molecule is CCOC(=O)c1c[nH]c2c(=O)[nH]c3ccc(N(C)S(=O)(=O)c4ccccc4)cc3c12. The van der Waals surface area contributed by atoms with Crippen molar-refractivity contribution in [2.24, 2.45) is 0 Å². The van der Waals surface area contributed by atoms with Crippen LogP contribution in [0.5, 0.6) is 0 Å². The lowest BCUT2D eigenvalue weighted by atomic mass is 10.1. The summed E-state index contributed by atoms with van der Waals surface area (Å²) in [5.41, 5.74) is 0.915. The highest BCUT2D eigenvalue weighted by Crippen LogP contribution is 2.30. The zero-order valence-corrected chi connectivity index (χ0v) is 17.1. The zero-order chi connectivity index (χ0) is 21.5. The van der Waals surface area contributed by atoms with E-state index in [1.165, 1.54) is 25.4 Å². The molecule has 0 atom stereocenters. The van der Waals surface area contributed by atoms with Crippen LogP contribution in [0.3, 0.4) is 0 Å². The van der Waals surface area contributed by atoms with Gasteiger partial charge in [0.2, 0.25) is 0 Å². The van der Waals surface area contributed by atoms with Crippen molar-refractivity contribution in [1.29, 1.82) is 0 Å². The first kappa shape index (κ1) is 19.7. The molecule has 4 rings (SSSR count). The number of rotatable bonds is 5. The van der Waals surface area contributed by atoms with Gasteiger partial charge in [-0.1, -0.05) is 18.2 Å². The lowest BCUT2D eigenvalue weighted by Crippen LogP contribution is -2.26. The number of carbonyl (C=O) groups excluding carboxylic acids is 1. The Morgan fingerprint density at radius 2 is 1.87 bits per heavy atom. The van der Waals surface area contributed by atoms with Crippen LogP contribution in [0.4, 0.5) is 5.69 Å². The standard InChI is InChI=1S/C21H19N3O5S/c1-3-29-21(26)16-12-22-19-18(16)15-11-13(9-10-17(15)23-20(19)25)24(2)30(27,28)14-7-5-4-6-8-14/h4-12,22H,3H2,1-2H3,(H,23,25). The Balaban J connectivity index is 1.93. The monoisotopic (exact) mass is 425 g/mol. The van der Waals surface area contributed by atoms with E-state index in [0.717, 1.165) is 4.31 Å². The highest BCUT2D eigenvalue weighted by molar-refractivity contribution is 7.92. The van der Waals surface area contributed by atoms with Gasteiger partial charge in [0.05, 0.1) is 22.8 Å². The topological polar surface area (TPSA) is 112 Å². The van der Waals surface area contributed by atoms with E-state index >= 15 is 0 Å². The number of sulfonamides is 1. The van der Waals surface area contributed by atoms with Gasteiger partial charge < -0.3 is 14.7 Å². The fraction of sp³-hybridized carbons (Fsp3) is 0.143. The van der Waals surface area contributed by atoms with Crippen LogP contribution in [-0.2, 0) is 14.8 Å². The molecule has 0 aliphatic heterocycles. The summed E-state index contributed by atoms with van der Waals surface area (Å²) in [6.45, 7) is 1.88. The van der Waals surface area contributed by atoms with Gasteiger partial charge in [-0.25, -0.2) is 13.2 Å². The number of nitrogens with zero attached hydrogens (tertiary/aromatic N) is 1. The summed E-state index contributed by atoms with van der Waals surface area (Å²) >= 11 is 0. The molecular formula is C21H19N3O5S. The molecule has 2 aromatic carbocycles. The first-order valence-electron chi connectivity index (χ1n) is 9.23. The molecule has 4 aromatic rings. The third kappa shape index (κ3) is 3.13. The van der Waals surface area contributed by atoms with Crippen molar-refractivity contribution in [3.05, 3.63) is 70.6 Å². The Morgan fingerprint density at radius 1 is 1.13 bits per heavy atom. The van der Waals surface area contributed by atoms with Gasteiger partial charge in [0, 0.05) is 29.5 Å². The van der Waals surface area contributed by atoms with Crippen molar-refractivity contribution in [1.82, 2.24) is 9.97 Å². The van der Waals surface area contributed by atoms with Crippen LogP contribution < -0.4 is 9.86 Å². The summed E-state index contributed by atoms with van der Waals surface area (Å²) < 4.78 is 32.2. The minimum Gasteiger partial charge on any atom is -0.462 e. The van der Waals surface area contributed by atoms with E-state index in [1.807, 2.05) is 0 Å². The van der Waals surface area contributed by atoms with Crippen LogP contribution >= 0.6 is 0 Å². The van der Waals surface area contributed by atoms with Crippen LogP contribution in [-0.4, -0.2) is 38.0 Å². The van der Waals surface area contributed by atoms with E-state index in [9.17, 15) is 18.0 Å². The van der Waals surface area contributed by atoms with Crippen molar-refractivity contribution >= 4 is 43.5 Å². The maximum atomic E-state index is 13.0. The van der Waals surface area contributed by atoms with Gasteiger partial charge in [-0.2, -0.15) is 0 Å². The van der Waals surface area contributed by atoms with Crippen molar-refractivity contribution in [3.8, 4) is 0 Å². The maximum Gasteiger partial charge on any atom is 0.340 e. The zero-order valence-electron chi connectivity index (χ0n) is 16.3. The Labute approximate surface area is 172 Å². The van der Waals surface area contributed by atoms with E-state index in [2.05, 4.69) is 9.97 Å². The van der Waals surface area contributed by atoms with Crippen molar-refractivity contribution in [2.75, 3.05) is 18.0 Å². The molecule has 0 fully saturated rings. The molecule has 9 heteroatoms. The molecule has 2 N–H and O–H groups in total. The third-order valence-corrected chi connectivity index (χ3v) is 6.69. The summed E-state index contributed by atoms with van der Waals surface area (Å²) in [7, 11) is -2.33. The van der Waals surface area contributed by atoms with E-state index in [4.69, 9.17) is 4.74 Å². The molecule has 0 spiro atoms. The number of aromatic nitrogens is 2. The number of hydrogen-bond acceptors (Lipinski definition) is 5. The fourth-order valence-electron chi connectivity index (χ4n) is 3.37. The van der Waals surface area contributed by atoms with Gasteiger partial charge in [-0.05, 0) is 37.3 Å². The molecule has 0 bridgehead atoms. The van der Waals surface area contributed by atoms with Gasteiger partial charge in [0.1, 0.15) is 5.52 Å². The Kier molecular flexibility index (Phi) is 4.83. The smallest absolute Gasteiger partial charge is 0.340 e. The van der Waals surface area contributed by atoms with Crippen LogP contribution in [0.2, 0.25) is 0 Å². The van der Waals surface area contributed by atoms with E-state index in [0.29, 0.717) is 22.0 Å². The molecule has 0 radical (unpaired) electrons. The summed E-state index contributed by atoms with van der Waals surface area (Å²) in [6, 6.07) is 12.9. The molecule has 0 amide bonds. The second-order valence-corrected chi connectivity index (χ2v) is 8.61. The number of H-pyrrole nitrogens is 2. The average Bonchev–Trinajstić information content (AvgIpc) is 3.20. The highest BCUT2D eigenvalue weighted by Gasteiger charge is 2.23. The van der Waals surface area contributed by atoms with Crippen LogP contribution in [0, 0.1) is 0 Å². The molecule has 0 unspecified atom stereocenters. The normalized spacial score (nSPS) is 11.7. The van der Waals surface area contributed by atoms with E-state index in [1.54, 1.807) is 43.3 Å². The van der Waals surface area contributed by atoms with E-state index < -0.39 is 16.0 Å². The fourth-order valence-corrected chi connectivity index (χ4v) is 4.58. The van der Waals surface area contributed by atoms with Crippen LogP contribution in [0.1, 0.15) is 17.3 Å². The number of ether oxygens (including phenoxy) is 1. The third-order valence-electron chi connectivity index (χ3n) is 4.89. The number of anilines is 1. The number of fused-ring (bicyclic) bond motifs is 3. The first-order valence-corrected chi connectivity index (χ1v) is 10.7. The molecule has 0 saturated carbocycles. The molecule has 154 valence electrons. The second kappa shape index (κ2) is 7.34. The van der Waals surface area contributed by atoms with Gasteiger partial charge in [0.15, 0.2) is 0 Å². The molecule has 8 nitrogen and oxygen atoms in total. The number of esters is 1. The predicted octanol–water partition coefficient (Wildman–Crippen LogP) is 3.01. The van der Waals surface area contributed by atoms with E-state index in [-0.39, 0.29) is 28.1 Å². The quantitative estimate of drug-likeness (QED) is 0.477. The van der Waals surface area contributed by atoms with Gasteiger partial charge in [0.25, 0.3) is 15.6 Å². The van der Waals surface area contributed by atoms with Gasteiger partial charge >= 0.3 is 5.97 Å². The lowest BCUT2D eigenvalue weighted by Gasteiger charge is -2.20. The predicted molar refractivity (Wildman–Crippen MR) is 114 cm³/mol. The van der Waals surface area contributed by atoms with Crippen molar-refractivity contribution in [2.45, 2.75) is 11.8 Å². The number of aromatic amines is 2. The average molecular weight is 425 g/mol. The molecule has 2 aromatic heterocycles. The van der Waals surface area contributed by atoms with Gasteiger partial charge in [-0.15, -0.1) is 0 Å². The highest BCUT2D eigenvalue weighted by atomic mass is 32.2. The maximum absolute atomic E-state index is 13.0. The molecule has 0 aliphatic rings. The number of nitrogens with one attached hydrogen (secondary N) is 2.